The van der Waals surface area contributed by atoms with Crippen molar-refractivity contribution in [3.63, 3.8) is 0 Å². The third kappa shape index (κ3) is 4.05. The lowest BCUT2D eigenvalue weighted by Crippen LogP contribution is -2.19. The molecule has 3 heterocycles. The molecule has 0 fully saturated rings. The van der Waals surface area contributed by atoms with E-state index in [1.165, 1.54) is 11.3 Å². The predicted molar refractivity (Wildman–Crippen MR) is 102 cm³/mol. The van der Waals surface area contributed by atoms with E-state index < -0.39 is 11.9 Å². The molecule has 0 atom stereocenters. The van der Waals surface area contributed by atoms with Crippen molar-refractivity contribution in [1.29, 1.82) is 0 Å². The van der Waals surface area contributed by atoms with Gasteiger partial charge >= 0.3 is 11.9 Å². The van der Waals surface area contributed by atoms with E-state index in [9.17, 15) is 9.59 Å². The fraction of sp³-hybridized carbons (Fsp3) is 0.333. The van der Waals surface area contributed by atoms with Gasteiger partial charge in [-0.1, -0.05) is 23.2 Å². The van der Waals surface area contributed by atoms with Gasteiger partial charge in [-0.25, -0.2) is 9.59 Å². The Morgan fingerprint density at radius 1 is 1.15 bits per heavy atom. The number of hydrogen-bond donors (Lipinski definition) is 3. The van der Waals surface area contributed by atoms with E-state index in [0.29, 0.717) is 28.8 Å². The van der Waals surface area contributed by atoms with Crippen LogP contribution in [0.1, 0.15) is 11.3 Å². The maximum Gasteiger partial charge on any atom is 0.328 e. The Morgan fingerprint density at radius 2 is 1.81 bits per heavy atom. The lowest BCUT2D eigenvalue weighted by molar-refractivity contribution is -0.134. The standard InChI is InChI=1S/C14H14Cl2N2O.C4H4O4/c15-9-7-11-14-12(13(9)16)8-1-3-17-4-2-10(8)18(14)5-6-19-11;5-3(6)1-2-4(7)8/h7,17H,1-6H2;1-2H,(H,5,6)(H,7,8)/b;2-1-. The second-order valence-electron chi connectivity index (χ2n) is 6.08. The van der Waals surface area contributed by atoms with Crippen LogP contribution in [0.5, 0.6) is 5.75 Å². The van der Waals surface area contributed by atoms with Crippen molar-refractivity contribution in [1.82, 2.24) is 9.88 Å². The van der Waals surface area contributed by atoms with Crippen LogP contribution in [0.25, 0.3) is 10.9 Å². The van der Waals surface area contributed by atoms with Crippen molar-refractivity contribution in [2.75, 3.05) is 19.7 Å². The van der Waals surface area contributed by atoms with Crippen LogP contribution >= 0.6 is 23.2 Å². The molecule has 4 rings (SSSR count). The molecule has 0 spiro atoms. The summed E-state index contributed by atoms with van der Waals surface area (Å²) in [5.74, 6) is -1.64. The number of halogens is 2. The van der Waals surface area contributed by atoms with Crippen molar-refractivity contribution in [3.8, 4) is 5.75 Å². The summed E-state index contributed by atoms with van der Waals surface area (Å²) >= 11 is 12.7. The molecule has 9 heteroatoms. The first-order valence-electron chi connectivity index (χ1n) is 8.39. The van der Waals surface area contributed by atoms with E-state index in [1.54, 1.807) is 0 Å². The number of benzene rings is 1. The van der Waals surface area contributed by atoms with Crippen molar-refractivity contribution in [2.45, 2.75) is 19.4 Å². The molecule has 2 aliphatic heterocycles. The second-order valence-corrected chi connectivity index (χ2v) is 6.86. The molecule has 144 valence electrons. The third-order valence-corrected chi connectivity index (χ3v) is 5.22. The molecule has 3 N–H and O–H groups in total. The molecule has 0 bridgehead atoms. The molecule has 7 nitrogen and oxygen atoms in total. The highest BCUT2D eigenvalue weighted by Gasteiger charge is 2.26. The molecule has 2 aromatic rings. The summed E-state index contributed by atoms with van der Waals surface area (Å²) < 4.78 is 8.13. The van der Waals surface area contributed by atoms with E-state index in [1.807, 2.05) is 6.07 Å². The summed E-state index contributed by atoms with van der Waals surface area (Å²) in [4.78, 5) is 19.1. The molecule has 0 saturated carbocycles. The summed E-state index contributed by atoms with van der Waals surface area (Å²) in [5.41, 5.74) is 3.88. The Hall–Kier alpha value is -2.22. The van der Waals surface area contributed by atoms with E-state index >= 15 is 0 Å². The summed E-state index contributed by atoms with van der Waals surface area (Å²) in [6.07, 6.45) is 3.15. The molecule has 1 aromatic heterocycles. The Kier molecular flexibility index (Phi) is 5.94. The number of rotatable bonds is 2. The number of nitrogens with one attached hydrogen (secondary N) is 1. The maximum absolute atomic E-state index is 9.55. The molecular weight excluding hydrogens is 395 g/mol. The molecule has 0 aliphatic carbocycles. The van der Waals surface area contributed by atoms with Gasteiger partial charge in [0.25, 0.3) is 0 Å². The third-order valence-electron chi connectivity index (χ3n) is 4.43. The van der Waals surface area contributed by atoms with Crippen molar-refractivity contribution < 1.29 is 24.5 Å². The number of ether oxygens (including phenoxy) is 1. The van der Waals surface area contributed by atoms with Crippen molar-refractivity contribution >= 4 is 46.0 Å². The Bertz CT molecular complexity index is 920. The molecule has 2 aliphatic rings. The number of fused-ring (bicyclic) bond motifs is 3. The first-order chi connectivity index (χ1) is 12.9. The minimum atomic E-state index is -1.26. The van der Waals surface area contributed by atoms with Gasteiger partial charge in [0.2, 0.25) is 0 Å². The van der Waals surface area contributed by atoms with Gasteiger partial charge < -0.3 is 24.8 Å². The highest BCUT2D eigenvalue weighted by molar-refractivity contribution is 6.45. The average molecular weight is 413 g/mol. The number of nitrogens with zero attached hydrogens (tertiary/aromatic N) is 1. The molecular formula is C18H18Cl2N2O5. The zero-order valence-corrected chi connectivity index (χ0v) is 15.8. The van der Waals surface area contributed by atoms with E-state index in [-0.39, 0.29) is 0 Å². The topological polar surface area (TPSA) is 101 Å². The lowest BCUT2D eigenvalue weighted by Gasteiger charge is -2.19. The van der Waals surface area contributed by atoms with Gasteiger partial charge in [0, 0.05) is 42.3 Å². The van der Waals surface area contributed by atoms with Crippen LogP contribution in [-0.2, 0) is 29.0 Å². The van der Waals surface area contributed by atoms with Crippen LogP contribution in [-0.4, -0.2) is 46.4 Å². The van der Waals surface area contributed by atoms with Gasteiger partial charge in [-0.2, -0.15) is 0 Å². The van der Waals surface area contributed by atoms with Crippen LogP contribution in [0.15, 0.2) is 18.2 Å². The average Bonchev–Trinajstić information content (AvgIpc) is 2.78. The summed E-state index contributed by atoms with van der Waals surface area (Å²) in [7, 11) is 0. The SMILES string of the molecule is Clc1cc2c3c(c1Cl)c1c(n3CCO2)CCNCC1.O=C(O)/C=C\C(=O)O. The number of hydrogen-bond acceptors (Lipinski definition) is 4. The molecule has 0 saturated heterocycles. The fourth-order valence-corrected chi connectivity index (χ4v) is 3.88. The number of aliphatic carboxylic acids is 2. The van der Waals surface area contributed by atoms with E-state index in [2.05, 4.69) is 9.88 Å². The van der Waals surface area contributed by atoms with Crippen LogP contribution in [0.2, 0.25) is 10.0 Å². The second kappa shape index (κ2) is 8.21. The van der Waals surface area contributed by atoms with Crippen LogP contribution in [0, 0.1) is 0 Å². The van der Waals surface area contributed by atoms with Crippen LogP contribution in [0.4, 0.5) is 0 Å². The Morgan fingerprint density at radius 3 is 2.48 bits per heavy atom. The van der Waals surface area contributed by atoms with Crippen molar-refractivity contribution in [3.05, 3.63) is 39.5 Å². The largest absolute Gasteiger partial charge is 0.489 e. The Labute approximate surface area is 165 Å². The minimum absolute atomic E-state index is 0.558. The highest BCUT2D eigenvalue weighted by atomic mass is 35.5. The molecule has 27 heavy (non-hydrogen) atoms. The first-order valence-corrected chi connectivity index (χ1v) is 9.15. The number of carboxylic acids is 2. The Balaban J connectivity index is 0.000000226. The first kappa shape index (κ1) is 19.5. The lowest BCUT2D eigenvalue weighted by atomic mass is 10.1. The van der Waals surface area contributed by atoms with Gasteiger partial charge in [-0.3, -0.25) is 0 Å². The van der Waals surface area contributed by atoms with Crippen LogP contribution < -0.4 is 10.1 Å². The molecule has 0 unspecified atom stereocenters. The number of carbonyl (C=O) groups is 2. The predicted octanol–water partition coefficient (Wildman–Crippen LogP) is 2.74. The summed E-state index contributed by atoms with van der Waals surface area (Å²) in [5, 5.41) is 21.4. The minimum Gasteiger partial charge on any atom is -0.489 e. The summed E-state index contributed by atoms with van der Waals surface area (Å²) in [6, 6.07) is 1.85. The molecule has 0 amide bonds. The highest BCUT2D eigenvalue weighted by Crippen LogP contribution is 2.43. The monoisotopic (exact) mass is 412 g/mol. The fourth-order valence-electron chi connectivity index (χ4n) is 3.43. The van der Waals surface area contributed by atoms with E-state index in [0.717, 1.165) is 49.1 Å². The quantitative estimate of drug-likeness (QED) is 0.655. The zero-order chi connectivity index (χ0) is 19.6. The van der Waals surface area contributed by atoms with Gasteiger partial charge in [-0.15, -0.1) is 0 Å². The van der Waals surface area contributed by atoms with E-state index in [4.69, 9.17) is 38.2 Å². The smallest absolute Gasteiger partial charge is 0.328 e. The van der Waals surface area contributed by atoms with Crippen LogP contribution in [0.3, 0.4) is 0 Å². The van der Waals surface area contributed by atoms with Crippen molar-refractivity contribution in [2.24, 2.45) is 0 Å². The summed E-state index contributed by atoms with van der Waals surface area (Å²) in [6.45, 7) is 3.61. The molecule has 0 radical (unpaired) electrons. The maximum atomic E-state index is 9.55. The van der Waals surface area contributed by atoms with Gasteiger partial charge in [0.15, 0.2) is 0 Å². The van der Waals surface area contributed by atoms with Gasteiger partial charge in [0.05, 0.1) is 22.1 Å². The molecule has 1 aromatic carbocycles. The van der Waals surface area contributed by atoms with Gasteiger partial charge in [0.1, 0.15) is 12.4 Å². The number of aromatic nitrogens is 1. The normalized spacial score (nSPS) is 15.5. The number of carboxylic acid groups (broad SMARTS) is 2. The zero-order valence-electron chi connectivity index (χ0n) is 14.3. The van der Waals surface area contributed by atoms with Gasteiger partial charge in [-0.05, 0) is 18.5 Å².